The van der Waals surface area contributed by atoms with Crippen LogP contribution in [0.25, 0.3) is 0 Å². The molecule has 0 radical (unpaired) electrons. The molecular formula is C26H41ClFN3O6. The second-order valence-electron chi connectivity index (χ2n) is 10.1. The molecule has 0 aromatic rings. The number of hydrogen-bond acceptors (Lipinski definition) is 9. The highest BCUT2D eigenvalue weighted by atomic mass is 35.5. The maximum Gasteiger partial charge on any atom is 0.306 e. The molecule has 2 heterocycles. The summed E-state index contributed by atoms with van der Waals surface area (Å²) in [6.45, 7) is 4.21. The zero-order chi connectivity index (χ0) is 27.1. The summed E-state index contributed by atoms with van der Waals surface area (Å²) in [7, 11) is 0. The summed E-state index contributed by atoms with van der Waals surface area (Å²) in [4.78, 5) is 30.4. The fraction of sp³-hybridized carbons (Fsp3) is 0.808. The molecule has 6 atom stereocenters. The minimum atomic E-state index is -1.97. The van der Waals surface area contributed by atoms with E-state index in [9.17, 15) is 14.7 Å². The number of fused-ring (bicyclic) bond motifs is 1. The molecule has 0 bridgehead atoms. The molecule has 9 nitrogen and oxygen atoms in total. The standard InChI is InChI=1S/C26H41ClFN3O6/c1-3-5-7-9-11-13-19(32)35-23-25(17-27)26(23,36-20(33)14-12-10-8-6-4-2)21(28)22(37-25)31-16-15-18(29)30-24(31)34/h15-16,21-24,34H,3-14,17H2,1-2H3,(H2,29,30)/t21-,22+,23?,24?,25+,26+/m0/s1. The number of nitrogens with two attached hydrogens (primary N) is 1. The van der Waals surface area contributed by atoms with Crippen LogP contribution in [0.15, 0.2) is 17.3 Å². The van der Waals surface area contributed by atoms with E-state index in [2.05, 4.69) is 18.8 Å². The van der Waals surface area contributed by atoms with Gasteiger partial charge in [-0.05, 0) is 18.9 Å². The molecule has 1 saturated heterocycles. The van der Waals surface area contributed by atoms with Gasteiger partial charge in [0.2, 0.25) is 12.0 Å². The summed E-state index contributed by atoms with van der Waals surface area (Å²) in [5, 5.41) is 10.3. The Kier molecular flexibility index (Phi) is 10.6. The number of aliphatic hydroxyl groups is 1. The van der Waals surface area contributed by atoms with Gasteiger partial charge in [-0.25, -0.2) is 9.38 Å². The van der Waals surface area contributed by atoms with E-state index in [-0.39, 0.29) is 24.6 Å². The van der Waals surface area contributed by atoms with Crippen LogP contribution in [0, 0.1) is 0 Å². The zero-order valence-electron chi connectivity index (χ0n) is 21.9. The van der Waals surface area contributed by atoms with Gasteiger partial charge in [-0.3, -0.25) is 9.59 Å². The van der Waals surface area contributed by atoms with E-state index in [1.807, 2.05) is 0 Å². The Hall–Kier alpha value is -1.91. The first-order valence-electron chi connectivity index (χ1n) is 13.5. The van der Waals surface area contributed by atoms with Gasteiger partial charge >= 0.3 is 11.9 Å². The SMILES string of the molecule is CCCCCCCC(=O)OC1[C@@]2(CCl)O[C@@H](N3C=CC(N)=NC3O)[C@H](F)[C@@]12OC(=O)CCCCCCC. The van der Waals surface area contributed by atoms with E-state index in [4.69, 9.17) is 31.5 Å². The number of ether oxygens (including phenoxy) is 3. The number of unbranched alkanes of at least 4 members (excludes halogenated alkanes) is 8. The molecule has 1 aliphatic carbocycles. The Bertz CT molecular complexity index is 860. The number of esters is 2. The summed E-state index contributed by atoms with van der Waals surface area (Å²) >= 11 is 6.27. The maximum atomic E-state index is 16.2. The van der Waals surface area contributed by atoms with Crippen LogP contribution in [-0.4, -0.2) is 69.7 Å². The lowest BCUT2D eigenvalue weighted by Crippen LogP contribution is -2.51. The van der Waals surface area contributed by atoms with Crippen LogP contribution < -0.4 is 5.73 Å². The lowest BCUT2D eigenvalue weighted by Gasteiger charge is -2.35. The molecular weight excluding hydrogens is 505 g/mol. The van der Waals surface area contributed by atoms with Crippen LogP contribution in [0.2, 0.25) is 0 Å². The molecule has 2 unspecified atom stereocenters. The van der Waals surface area contributed by atoms with E-state index in [1.54, 1.807) is 0 Å². The quantitative estimate of drug-likeness (QED) is 0.169. The average molecular weight is 546 g/mol. The molecule has 0 aromatic carbocycles. The van der Waals surface area contributed by atoms with Crippen LogP contribution in [0.4, 0.5) is 4.39 Å². The zero-order valence-corrected chi connectivity index (χ0v) is 22.6. The largest absolute Gasteiger partial charge is 0.454 e. The van der Waals surface area contributed by atoms with E-state index in [1.165, 1.54) is 12.3 Å². The Labute approximate surface area is 223 Å². The molecule has 3 N–H and O–H groups in total. The Morgan fingerprint density at radius 2 is 1.70 bits per heavy atom. The summed E-state index contributed by atoms with van der Waals surface area (Å²) in [6.07, 6.45) is 6.36. The highest BCUT2D eigenvalue weighted by molar-refractivity contribution is 6.19. The van der Waals surface area contributed by atoms with Gasteiger partial charge in [0.05, 0.1) is 5.88 Å². The van der Waals surface area contributed by atoms with Gasteiger partial charge in [-0.15, -0.1) is 11.6 Å². The van der Waals surface area contributed by atoms with Crippen LogP contribution in [0.3, 0.4) is 0 Å². The van der Waals surface area contributed by atoms with Crippen LogP contribution in [0.1, 0.15) is 90.9 Å². The minimum absolute atomic E-state index is 0.0735. The number of rotatable bonds is 16. The van der Waals surface area contributed by atoms with Gasteiger partial charge in [0.25, 0.3) is 0 Å². The predicted molar refractivity (Wildman–Crippen MR) is 137 cm³/mol. The molecule has 2 aliphatic heterocycles. The molecule has 1 saturated carbocycles. The van der Waals surface area contributed by atoms with E-state index in [0.29, 0.717) is 12.8 Å². The average Bonchev–Trinajstić information content (AvgIpc) is 3.29. The van der Waals surface area contributed by atoms with Crippen LogP contribution in [-0.2, 0) is 23.8 Å². The lowest BCUT2D eigenvalue weighted by molar-refractivity contribution is -0.177. The number of hydrogen-bond donors (Lipinski definition) is 2. The van der Waals surface area contributed by atoms with Gasteiger partial charge < -0.3 is 30.0 Å². The van der Waals surface area contributed by atoms with Crippen molar-refractivity contribution < 1.29 is 33.3 Å². The summed E-state index contributed by atoms with van der Waals surface area (Å²) in [6, 6.07) is 0. The van der Waals surface area contributed by atoms with Crippen LogP contribution in [0.5, 0.6) is 0 Å². The first kappa shape index (κ1) is 29.6. The molecule has 0 spiro atoms. The van der Waals surface area contributed by atoms with Crippen molar-refractivity contribution in [2.24, 2.45) is 10.7 Å². The van der Waals surface area contributed by atoms with Gasteiger partial charge in [0.1, 0.15) is 5.84 Å². The second-order valence-corrected chi connectivity index (χ2v) is 10.3. The maximum absolute atomic E-state index is 16.2. The van der Waals surface area contributed by atoms with Crippen LogP contribution >= 0.6 is 11.6 Å². The van der Waals surface area contributed by atoms with E-state index >= 15 is 4.39 Å². The molecule has 0 amide bonds. The van der Waals surface area contributed by atoms with E-state index in [0.717, 1.165) is 56.3 Å². The number of halogens is 2. The number of aliphatic imine (C=N–C) groups is 1. The molecule has 2 fully saturated rings. The molecule has 3 rings (SSSR count). The van der Waals surface area contributed by atoms with Gasteiger partial charge in [-0.2, -0.15) is 0 Å². The minimum Gasteiger partial charge on any atom is -0.454 e. The predicted octanol–water partition coefficient (Wildman–Crippen LogP) is 4.05. The number of alkyl halides is 2. The molecule has 0 aromatic heterocycles. The van der Waals surface area contributed by atoms with Crippen molar-refractivity contribution in [3.8, 4) is 0 Å². The van der Waals surface area contributed by atoms with Crippen molar-refractivity contribution in [3.63, 3.8) is 0 Å². The highest BCUT2D eigenvalue weighted by Crippen LogP contribution is 2.66. The second kappa shape index (κ2) is 13.2. The number of nitrogens with zero attached hydrogens (tertiary/aromatic N) is 2. The third-order valence-electron chi connectivity index (χ3n) is 7.32. The monoisotopic (exact) mass is 545 g/mol. The van der Waals surface area contributed by atoms with Gasteiger partial charge in [0.15, 0.2) is 24.1 Å². The third kappa shape index (κ3) is 6.23. The van der Waals surface area contributed by atoms with Gasteiger partial charge in [-0.1, -0.05) is 65.2 Å². The first-order chi connectivity index (χ1) is 17.8. The van der Waals surface area contributed by atoms with Crippen molar-refractivity contribution in [1.82, 2.24) is 4.90 Å². The molecule has 11 heteroatoms. The van der Waals surface area contributed by atoms with Crippen molar-refractivity contribution in [2.75, 3.05) is 5.88 Å². The number of aliphatic hydroxyl groups excluding tert-OH is 1. The smallest absolute Gasteiger partial charge is 0.306 e. The summed E-state index contributed by atoms with van der Waals surface area (Å²) in [5.74, 6) is -1.32. The summed E-state index contributed by atoms with van der Waals surface area (Å²) < 4.78 is 33.6. The first-order valence-corrected chi connectivity index (χ1v) is 14.1. The fourth-order valence-electron chi connectivity index (χ4n) is 5.16. The Morgan fingerprint density at radius 3 is 2.27 bits per heavy atom. The van der Waals surface area contributed by atoms with Crippen molar-refractivity contribution in [2.45, 2.75) is 127 Å². The Balaban J connectivity index is 1.72. The van der Waals surface area contributed by atoms with Crippen molar-refractivity contribution in [3.05, 3.63) is 12.3 Å². The molecule has 3 aliphatic rings. The molecule has 37 heavy (non-hydrogen) atoms. The van der Waals surface area contributed by atoms with Crippen molar-refractivity contribution >= 4 is 29.4 Å². The topological polar surface area (TPSA) is 124 Å². The number of amidine groups is 1. The van der Waals surface area contributed by atoms with Gasteiger partial charge in [0, 0.05) is 19.0 Å². The lowest BCUT2D eigenvalue weighted by atomic mass is 10.1. The highest BCUT2D eigenvalue weighted by Gasteiger charge is 2.93. The number of carbonyl (C=O) groups excluding carboxylic acids is 2. The number of carbonyl (C=O) groups is 2. The van der Waals surface area contributed by atoms with Crippen molar-refractivity contribution in [1.29, 1.82) is 0 Å². The normalized spacial score (nSPS) is 32.1. The van der Waals surface area contributed by atoms with E-state index < -0.39 is 48.0 Å². The Morgan fingerprint density at radius 1 is 1.11 bits per heavy atom. The third-order valence-corrected chi connectivity index (χ3v) is 7.72. The fourth-order valence-corrected chi connectivity index (χ4v) is 5.57. The summed E-state index contributed by atoms with van der Waals surface area (Å²) in [5.41, 5.74) is 2.14. The molecule has 210 valence electrons.